The van der Waals surface area contributed by atoms with Crippen molar-refractivity contribution in [1.82, 2.24) is 15.5 Å². The van der Waals surface area contributed by atoms with Crippen LogP contribution < -0.4 is 10.6 Å². The van der Waals surface area contributed by atoms with E-state index in [9.17, 15) is 9.59 Å². The molecule has 1 aromatic heterocycles. The van der Waals surface area contributed by atoms with Crippen molar-refractivity contribution in [3.8, 4) is 0 Å². The highest BCUT2D eigenvalue weighted by molar-refractivity contribution is 5.90. The van der Waals surface area contributed by atoms with Crippen molar-refractivity contribution < 1.29 is 23.5 Å². The van der Waals surface area contributed by atoms with Gasteiger partial charge in [-0.2, -0.15) is 0 Å². The van der Waals surface area contributed by atoms with Crippen LogP contribution in [0, 0.1) is 6.92 Å². The highest BCUT2D eigenvalue weighted by atomic mass is 16.6. The van der Waals surface area contributed by atoms with Gasteiger partial charge in [0.1, 0.15) is 22.7 Å². The molecule has 156 valence electrons. The molecule has 9 nitrogen and oxygen atoms in total. The van der Waals surface area contributed by atoms with Crippen LogP contribution in [0.1, 0.15) is 49.1 Å². The first-order valence-electron chi connectivity index (χ1n) is 9.25. The third-order valence-corrected chi connectivity index (χ3v) is 4.22. The minimum atomic E-state index is -0.524. The summed E-state index contributed by atoms with van der Waals surface area (Å²) in [6.07, 6.45) is 0.385. The zero-order valence-corrected chi connectivity index (χ0v) is 17.4. The van der Waals surface area contributed by atoms with Crippen LogP contribution in [-0.2, 0) is 16.0 Å². The number of methoxy groups -OCH3 is 1. The highest BCUT2D eigenvalue weighted by Gasteiger charge is 2.28. The molecule has 0 radical (unpaired) electrons. The number of carbonyl (C=O) groups is 2. The van der Waals surface area contributed by atoms with Crippen molar-refractivity contribution in [3.63, 3.8) is 0 Å². The standard InChI is InChI=1S/C19H30N4O5/c1-12-15(16(24)26-6)9-14(27-12)10-21-17(20-5)23-8-7-13(11-23)22-18(25)28-19(2,3)4/h9,13H,7-8,10-11H2,1-6H3,(H,20,21)(H,22,25). The number of hydrogen-bond donors (Lipinski definition) is 2. The molecule has 0 saturated carbocycles. The van der Waals surface area contributed by atoms with Crippen LogP contribution in [0.25, 0.3) is 0 Å². The lowest BCUT2D eigenvalue weighted by Gasteiger charge is -2.23. The van der Waals surface area contributed by atoms with Gasteiger partial charge in [0.15, 0.2) is 5.96 Å². The van der Waals surface area contributed by atoms with E-state index in [1.165, 1.54) is 7.11 Å². The van der Waals surface area contributed by atoms with Gasteiger partial charge in [0.05, 0.1) is 19.7 Å². The minimum Gasteiger partial charge on any atom is -0.465 e. The molecule has 28 heavy (non-hydrogen) atoms. The number of guanidine groups is 1. The number of rotatable bonds is 4. The summed E-state index contributed by atoms with van der Waals surface area (Å²) in [4.78, 5) is 30.0. The van der Waals surface area contributed by atoms with E-state index >= 15 is 0 Å². The predicted molar refractivity (Wildman–Crippen MR) is 104 cm³/mol. The number of aryl methyl sites for hydroxylation is 1. The summed E-state index contributed by atoms with van der Waals surface area (Å²) in [7, 11) is 3.04. The van der Waals surface area contributed by atoms with Crippen LogP contribution in [0.3, 0.4) is 0 Å². The van der Waals surface area contributed by atoms with Crippen molar-refractivity contribution in [2.24, 2.45) is 4.99 Å². The zero-order chi connectivity index (χ0) is 20.9. The maximum atomic E-state index is 11.9. The molecule has 2 N–H and O–H groups in total. The number of alkyl carbamates (subject to hydrolysis) is 1. The Labute approximate surface area is 165 Å². The SMILES string of the molecule is CN=C(NCc1cc(C(=O)OC)c(C)o1)N1CCC(NC(=O)OC(C)(C)C)C1. The quantitative estimate of drug-likeness (QED) is 0.457. The summed E-state index contributed by atoms with van der Waals surface area (Å²) in [6, 6.07) is 1.66. The minimum absolute atomic E-state index is 0.00909. The summed E-state index contributed by atoms with van der Waals surface area (Å²) in [5.41, 5.74) is -0.110. The van der Waals surface area contributed by atoms with Crippen LogP contribution in [0.4, 0.5) is 4.79 Å². The maximum Gasteiger partial charge on any atom is 0.407 e. The average Bonchev–Trinajstić information content (AvgIpc) is 3.20. The lowest BCUT2D eigenvalue weighted by Crippen LogP contribution is -2.44. The van der Waals surface area contributed by atoms with Crippen LogP contribution in [0.15, 0.2) is 15.5 Å². The van der Waals surface area contributed by atoms with Crippen LogP contribution in [0.2, 0.25) is 0 Å². The van der Waals surface area contributed by atoms with E-state index in [2.05, 4.69) is 20.5 Å². The fourth-order valence-corrected chi connectivity index (χ4v) is 2.99. The average molecular weight is 394 g/mol. The number of amides is 1. The molecule has 1 atom stereocenters. The van der Waals surface area contributed by atoms with E-state index in [0.717, 1.165) is 13.0 Å². The third-order valence-electron chi connectivity index (χ3n) is 4.22. The Bertz CT molecular complexity index is 735. The fourth-order valence-electron chi connectivity index (χ4n) is 2.99. The van der Waals surface area contributed by atoms with Gasteiger partial charge in [0.2, 0.25) is 0 Å². The fraction of sp³-hybridized carbons (Fsp3) is 0.632. The maximum absolute atomic E-state index is 11.9. The first-order chi connectivity index (χ1) is 13.1. The van der Waals surface area contributed by atoms with Gasteiger partial charge in [-0.25, -0.2) is 9.59 Å². The summed E-state index contributed by atoms with van der Waals surface area (Å²) in [5.74, 6) is 1.40. The highest BCUT2D eigenvalue weighted by Crippen LogP contribution is 2.16. The van der Waals surface area contributed by atoms with Crippen molar-refractivity contribution in [2.75, 3.05) is 27.2 Å². The molecule has 2 heterocycles. The molecule has 0 aliphatic carbocycles. The van der Waals surface area contributed by atoms with E-state index in [-0.39, 0.29) is 6.04 Å². The van der Waals surface area contributed by atoms with E-state index in [4.69, 9.17) is 13.9 Å². The largest absolute Gasteiger partial charge is 0.465 e. The Morgan fingerprint density at radius 2 is 2.11 bits per heavy atom. The van der Waals surface area contributed by atoms with Gasteiger partial charge in [0, 0.05) is 20.1 Å². The molecule has 1 saturated heterocycles. The molecule has 1 fully saturated rings. The first kappa shape index (κ1) is 21.6. The molecule has 1 aliphatic heterocycles. The smallest absolute Gasteiger partial charge is 0.407 e. The Kier molecular flexibility index (Phi) is 6.93. The van der Waals surface area contributed by atoms with E-state index < -0.39 is 17.7 Å². The Hall–Kier alpha value is -2.71. The molecule has 0 aromatic carbocycles. The summed E-state index contributed by atoms with van der Waals surface area (Å²) in [5, 5.41) is 6.12. The number of esters is 1. The first-order valence-corrected chi connectivity index (χ1v) is 9.25. The summed E-state index contributed by atoms with van der Waals surface area (Å²) in [6.45, 7) is 8.99. The van der Waals surface area contributed by atoms with Gasteiger partial charge in [-0.05, 0) is 40.2 Å². The second kappa shape index (κ2) is 8.99. The third kappa shape index (κ3) is 5.90. The predicted octanol–water partition coefficient (Wildman–Crippen LogP) is 2.05. The van der Waals surface area contributed by atoms with Gasteiger partial charge in [0.25, 0.3) is 0 Å². The number of hydrogen-bond acceptors (Lipinski definition) is 6. The molecule has 1 amide bonds. The lowest BCUT2D eigenvalue weighted by molar-refractivity contribution is 0.0506. The molecule has 0 bridgehead atoms. The monoisotopic (exact) mass is 394 g/mol. The number of nitrogens with one attached hydrogen (secondary N) is 2. The van der Waals surface area contributed by atoms with Crippen molar-refractivity contribution in [2.45, 2.75) is 52.3 Å². The van der Waals surface area contributed by atoms with Gasteiger partial charge >= 0.3 is 12.1 Å². The zero-order valence-electron chi connectivity index (χ0n) is 17.4. The van der Waals surface area contributed by atoms with Crippen molar-refractivity contribution in [3.05, 3.63) is 23.2 Å². The normalized spacial score (nSPS) is 17.4. The van der Waals surface area contributed by atoms with Crippen LogP contribution in [0.5, 0.6) is 0 Å². The number of carbonyl (C=O) groups excluding carboxylic acids is 2. The molecule has 1 aromatic rings. The van der Waals surface area contributed by atoms with Crippen LogP contribution >= 0.6 is 0 Å². The molecule has 1 unspecified atom stereocenters. The van der Waals surface area contributed by atoms with Gasteiger partial charge in [-0.3, -0.25) is 4.99 Å². The number of aliphatic imine (C=N–C) groups is 1. The Morgan fingerprint density at radius 1 is 1.39 bits per heavy atom. The number of ether oxygens (including phenoxy) is 2. The van der Waals surface area contributed by atoms with Gasteiger partial charge in [-0.15, -0.1) is 0 Å². The Balaban J connectivity index is 1.88. The second-order valence-electron chi connectivity index (χ2n) is 7.65. The van der Waals surface area contributed by atoms with Gasteiger partial charge in [-0.1, -0.05) is 0 Å². The summed E-state index contributed by atoms with van der Waals surface area (Å²) >= 11 is 0. The van der Waals surface area contributed by atoms with Crippen molar-refractivity contribution in [1.29, 1.82) is 0 Å². The van der Waals surface area contributed by atoms with E-state index in [1.54, 1.807) is 20.0 Å². The lowest BCUT2D eigenvalue weighted by atomic mass is 10.2. The molecule has 2 rings (SSSR count). The second-order valence-corrected chi connectivity index (χ2v) is 7.65. The number of likely N-dealkylation sites (tertiary alicyclic amines) is 1. The molecular weight excluding hydrogens is 364 g/mol. The van der Waals surface area contributed by atoms with Crippen molar-refractivity contribution >= 4 is 18.0 Å². The van der Waals surface area contributed by atoms with Gasteiger partial charge < -0.3 is 29.4 Å². The Morgan fingerprint density at radius 3 is 2.71 bits per heavy atom. The molecule has 1 aliphatic rings. The summed E-state index contributed by atoms with van der Waals surface area (Å²) < 4.78 is 15.6. The molecule has 0 spiro atoms. The van der Waals surface area contributed by atoms with E-state index in [1.807, 2.05) is 20.8 Å². The number of furan rings is 1. The number of nitrogens with zero attached hydrogens (tertiary/aromatic N) is 2. The molecular formula is C19H30N4O5. The van der Waals surface area contributed by atoms with Crippen LogP contribution in [-0.4, -0.2) is 61.8 Å². The van der Waals surface area contributed by atoms with E-state index in [0.29, 0.717) is 36.1 Å². The topological polar surface area (TPSA) is 105 Å². The molecule has 9 heteroatoms.